The van der Waals surface area contributed by atoms with E-state index in [4.69, 9.17) is 5.26 Å². The molecule has 0 aliphatic carbocycles. The molecule has 2 rings (SSSR count). The predicted molar refractivity (Wildman–Crippen MR) is 88.3 cm³/mol. The van der Waals surface area contributed by atoms with Gasteiger partial charge in [0.25, 0.3) is 0 Å². The standard InChI is InChI=1S/C18H20N4O/c1-13(2)11-16(18(23)22-10-7-19)14-5-3-6-15(12-14)17-20-8-4-9-21-17/h3-6,8-9,12-13,16H,10-11H2,1-2H3,(H,22,23). The number of hydrogen-bond donors (Lipinski definition) is 1. The highest BCUT2D eigenvalue weighted by atomic mass is 16.1. The molecule has 1 aromatic carbocycles. The van der Waals surface area contributed by atoms with Crippen molar-refractivity contribution in [3.8, 4) is 17.5 Å². The highest BCUT2D eigenvalue weighted by Gasteiger charge is 2.22. The van der Waals surface area contributed by atoms with Gasteiger partial charge in [-0.3, -0.25) is 4.79 Å². The van der Waals surface area contributed by atoms with Crippen molar-refractivity contribution in [3.63, 3.8) is 0 Å². The normalized spacial score (nSPS) is 11.7. The predicted octanol–water partition coefficient (Wildman–Crippen LogP) is 2.91. The molecule has 5 heteroatoms. The second kappa shape index (κ2) is 8.04. The first kappa shape index (κ1) is 16.6. The monoisotopic (exact) mass is 308 g/mol. The SMILES string of the molecule is CC(C)CC(C(=O)NCC#N)c1cccc(-c2ncccn2)c1. The molecule has 0 bridgehead atoms. The fraction of sp³-hybridized carbons (Fsp3) is 0.333. The Morgan fingerprint density at radius 2 is 2.00 bits per heavy atom. The summed E-state index contributed by atoms with van der Waals surface area (Å²) in [5.41, 5.74) is 1.80. The number of carbonyl (C=O) groups is 1. The van der Waals surface area contributed by atoms with Crippen LogP contribution in [0.5, 0.6) is 0 Å². The summed E-state index contributed by atoms with van der Waals surface area (Å²) >= 11 is 0. The lowest BCUT2D eigenvalue weighted by atomic mass is 9.88. The molecule has 1 unspecified atom stereocenters. The minimum absolute atomic E-state index is 0.0227. The summed E-state index contributed by atoms with van der Waals surface area (Å²) in [5.74, 6) is 0.595. The Morgan fingerprint density at radius 3 is 2.65 bits per heavy atom. The van der Waals surface area contributed by atoms with E-state index in [2.05, 4.69) is 29.1 Å². The first-order chi connectivity index (χ1) is 11.1. The lowest BCUT2D eigenvalue weighted by Gasteiger charge is -2.19. The van der Waals surface area contributed by atoms with Crippen LogP contribution in [0.25, 0.3) is 11.4 Å². The highest BCUT2D eigenvalue weighted by Crippen LogP contribution is 2.27. The molecule has 2 aromatic rings. The van der Waals surface area contributed by atoms with Crippen molar-refractivity contribution in [1.29, 1.82) is 5.26 Å². The number of carbonyl (C=O) groups excluding carboxylic acids is 1. The van der Waals surface area contributed by atoms with E-state index in [1.165, 1.54) is 0 Å². The highest BCUT2D eigenvalue weighted by molar-refractivity contribution is 5.84. The number of amides is 1. The number of aromatic nitrogens is 2. The van der Waals surface area contributed by atoms with Gasteiger partial charge in [-0.15, -0.1) is 0 Å². The number of rotatable bonds is 6. The zero-order valence-electron chi connectivity index (χ0n) is 13.4. The number of nitrogens with zero attached hydrogens (tertiary/aromatic N) is 3. The van der Waals surface area contributed by atoms with Crippen LogP contribution >= 0.6 is 0 Å². The van der Waals surface area contributed by atoms with Crippen LogP contribution in [0.15, 0.2) is 42.7 Å². The fourth-order valence-corrected chi connectivity index (χ4v) is 2.46. The van der Waals surface area contributed by atoms with Crippen LogP contribution in [-0.4, -0.2) is 22.4 Å². The largest absolute Gasteiger partial charge is 0.342 e. The Labute approximate surface area is 136 Å². The molecule has 0 aliphatic rings. The van der Waals surface area contributed by atoms with Crippen LogP contribution in [0.1, 0.15) is 31.7 Å². The van der Waals surface area contributed by atoms with Gasteiger partial charge in [-0.05, 0) is 30.0 Å². The molecule has 1 atom stereocenters. The number of nitriles is 1. The number of nitrogens with one attached hydrogen (secondary N) is 1. The summed E-state index contributed by atoms with van der Waals surface area (Å²) in [4.78, 5) is 20.9. The van der Waals surface area contributed by atoms with Crippen molar-refractivity contribution in [2.24, 2.45) is 5.92 Å². The minimum Gasteiger partial charge on any atom is -0.342 e. The lowest BCUT2D eigenvalue weighted by molar-refractivity contribution is -0.122. The van der Waals surface area contributed by atoms with Gasteiger partial charge in [-0.25, -0.2) is 9.97 Å². The van der Waals surface area contributed by atoms with Crippen molar-refractivity contribution < 1.29 is 4.79 Å². The Balaban J connectivity index is 2.31. The Kier molecular flexibility index (Phi) is 5.81. The molecular formula is C18H20N4O. The van der Waals surface area contributed by atoms with Gasteiger partial charge in [0, 0.05) is 18.0 Å². The van der Waals surface area contributed by atoms with Crippen molar-refractivity contribution in [3.05, 3.63) is 48.3 Å². The number of hydrogen-bond acceptors (Lipinski definition) is 4. The molecule has 118 valence electrons. The third-order valence-corrected chi connectivity index (χ3v) is 3.48. The van der Waals surface area contributed by atoms with E-state index in [0.29, 0.717) is 11.7 Å². The molecule has 5 nitrogen and oxygen atoms in total. The van der Waals surface area contributed by atoms with E-state index in [1.807, 2.05) is 30.3 Å². The lowest BCUT2D eigenvalue weighted by Crippen LogP contribution is -2.30. The molecule has 0 spiro atoms. The minimum atomic E-state index is -0.285. The van der Waals surface area contributed by atoms with E-state index in [-0.39, 0.29) is 18.4 Å². The second-order valence-corrected chi connectivity index (χ2v) is 5.76. The maximum absolute atomic E-state index is 12.4. The smallest absolute Gasteiger partial charge is 0.228 e. The summed E-state index contributed by atoms with van der Waals surface area (Å²) < 4.78 is 0. The molecule has 23 heavy (non-hydrogen) atoms. The number of benzene rings is 1. The van der Waals surface area contributed by atoms with Crippen molar-refractivity contribution in [1.82, 2.24) is 15.3 Å². The third-order valence-electron chi connectivity index (χ3n) is 3.48. The molecule has 0 fully saturated rings. The van der Waals surface area contributed by atoms with Crippen molar-refractivity contribution in [2.75, 3.05) is 6.54 Å². The summed E-state index contributed by atoms with van der Waals surface area (Å²) in [6, 6.07) is 11.4. The van der Waals surface area contributed by atoms with Gasteiger partial charge in [0.15, 0.2) is 5.82 Å². The summed E-state index contributed by atoms with van der Waals surface area (Å²) in [6.07, 6.45) is 4.11. The van der Waals surface area contributed by atoms with Gasteiger partial charge in [-0.1, -0.05) is 32.0 Å². The maximum Gasteiger partial charge on any atom is 0.228 e. The topological polar surface area (TPSA) is 78.7 Å². The molecule has 1 amide bonds. The zero-order chi connectivity index (χ0) is 16.7. The van der Waals surface area contributed by atoms with Gasteiger partial charge >= 0.3 is 0 Å². The van der Waals surface area contributed by atoms with E-state index in [1.54, 1.807) is 18.5 Å². The van der Waals surface area contributed by atoms with Crippen molar-refractivity contribution in [2.45, 2.75) is 26.2 Å². The molecule has 0 saturated carbocycles. The Hall–Kier alpha value is -2.74. The molecule has 1 aromatic heterocycles. The van der Waals surface area contributed by atoms with Crippen molar-refractivity contribution >= 4 is 5.91 Å². The average molecular weight is 308 g/mol. The van der Waals surface area contributed by atoms with E-state index in [0.717, 1.165) is 17.5 Å². The molecule has 1 N–H and O–H groups in total. The first-order valence-electron chi connectivity index (χ1n) is 7.64. The zero-order valence-corrected chi connectivity index (χ0v) is 13.4. The average Bonchev–Trinajstić information content (AvgIpc) is 2.58. The summed E-state index contributed by atoms with van der Waals surface area (Å²) in [5, 5.41) is 11.3. The fourth-order valence-electron chi connectivity index (χ4n) is 2.46. The van der Waals surface area contributed by atoms with Gasteiger partial charge in [0.1, 0.15) is 6.54 Å². The quantitative estimate of drug-likeness (QED) is 0.832. The van der Waals surface area contributed by atoms with Gasteiger partial charge in [0.2, 0.25) is 5.91 Å². The molecule has 0 radical (unpaired) electrons. The second-order valence-electron chi connectivity index (χ2n) is 5.76. The third kappa shape index (κ3) is 4.62. The van der Waals surface area contributed by atoms with E-state index >= 15 is 0 Å². The molecule has 0 saturated heterocycles. The Bertz CT molecular complexity index is 692. The molecule has 0 aliphatic heterocycles. The molecule has 1 heterocycles. The van der Waals surface area contributed by atoms with E-state index < -0.39 is 0 Å². The summed E-state index contributed by atoms with van der Waals surface area (Å²) in [7, 11) is 0. The molecular weight excluding hydrogens is 288 g/mol. The maximum atomic E-state index is 12.4. The van der Waals surface area contributed by atoms with Gasteiger partial charge in [0.05, 0.1) is 12.0 Å². The van der Waals surface area contributed by atoms with Crippen LogP contribution in [0.2, 0.25) is 0 Å². The van der Waals surface area contributed by atoms with Gasteiger partial charge < -0.3 is 5.32 Å². The van der Waals surface area contributed by atoms with Crippen LogP contribution in [0.4, 0.5) is 0 Å². The summed E-state index contributed by atoms with van der Waals surface area (Å²) in [6.45, 7) is 4.18. The van der Waals surface area contributed by atoms with Crippen LogP contribution in [-0.2, 0) is 4.79 Å². The van der Waals surface area contributed by atoms with Crippen LogP contribution in [0, 0.1) is 17.2 Å². The van der Waals surface area contributed by atoms with Crippen LogP contribution in [0.3, 0.4) is 0 Å². The first-order valence-corrected chi connectivity index (χ1v) is 7.64. The Morgan fingerprint density at radius 1 is 1.26 bits per heavy atom. The van der Waals surface area contributed by atoms with Gasteiger partial charge in [-0.2, -0.15) is 5.26 Å². The van der Waals surface area contributed by atoms with Crippen LogP contribution < -0.4 is 5.32 Å². The van der Waals surface area contributed by atoms with E-state index in [9.17, 15) is 4.79 Å².